The van der Waals surface area contributed by atoms with E-state index >= 15 is 0 Å². The Morgan fingerprint density at radius 1 is 1.33 bits per heavy atom. The first-order chi connectivity index (χ1) is 5.83. The van der Waals surface area contributed by atoms with Gasteiger partial charge < -0.3 is 14.8 Å². The summed E-state index contributed by atoms with van der Waals surface area (Å²) < 4.78 is 10.8. The Balaban J connectivity index is 2.59. The third kappa shape index (κ3) is 2.09. The van der Waals surface area contributed by atoms with Crippen molar-refractivity contribution < 1.29 is 9.47 Å². The van der Waals surface area contributed by atoms with Gasteiger partial charge in [-0.2, -0.15) is 0 Å². The van der Waals surface area contributed by atoms with Crippen molar-refractivity contribution in [2.75, 3.05) is 13.2 Å². The quantitative estimate of drug-likeness (QED) is 0.639. The molecule has 0 aliphatic carbocycles. The van der Waals surface area contributed by atoms with Crippen molar-refractivity contribution in [1.29, 1.82) is 0 Å². The summed E-state index contributed by atoms with van der Waals surface area (Å²) in [6.45, 7) is 5.06. The van der Waals surface area contributed by atoms with Gasteiger partial charge in [-0.05, 0) is 32.1 Å². The first-order valence-corrected chi connectivity index (χ1v) is 4.14. The van der Waals surface area contributed by atoms with E-state index in [4.69, 9.17) is 9.47 Å². The van der Waals surface area contributed by atoms with E-state index in [2.05, 4.69) is 11.4 Å². The Morgan fingerprint density at radius 2 is 2.00 bits per heavy atom. The molecule has 3 nitrogen and oxygen atoms in total. The molecule has 1 radical (unpaired) electrons. The maximum absolute atomic E-state index is 5.42. The van der Waals surface area contributed by atoms with E-state index < -0.39 is 5.91 Å². The highest BCUT2D eigenvalue weighted by Crippen LogP contribution is 2.14. The van der Waals surface area contributed by atoms with Crippen molar-refractivity contribution in [2.45, 2.75) is 19.8 Å². The van der Waals surface area contributed by atoms with Crippen LogP contribution in [0.3, 0.4) is 0 Å². The summed E-state index contributed by atoms with van der Waals surface area (Å²) in [5.41, 5.74) is 0. The Bertz CT molecular complexity index is 181. The van der Waals surface area contributed by atoms with Gasteiger partial charge in [0.05, 0.1) is 0 Å². The van der Waals surface area contributed by atoms with Crippen LogP contribution < -0.4 is 5.32 Å². The van der Waals surface area contributed by atoms with E-state index in [-0.39, 0.29) is 0 Å². The molecule has 1 heterocycles. The van der Waals surface area contributed by atoms with Crippen LogP contribution in [0.2, 0.25) is 0 Å². The minimum atomic E-state index is -0.769. The monoisotopic (exact) mass is 168 g/mol. The van der Waals surface area contributed by atoms with Gasteiger partial charge in [0.25, 0.3) is 5.91 Å². The summed E-state index contributed by atoms with van der Waals surface area (Å²) in [6, 6.07) is 0. The molecule has 0 fully saturated rings. The summed E-state index contributed by atoms with van der Waals surface area (Å²) in [4.78, 5) is 0. The van der Waals surface area contributed by atoms with Crippen molar-refractivity contribution in [1.82, 2.24) is 5.32 Å². The summed E-state index contributed by atoms with van der Waals surface area (Å²) >= 11 is 0. The molecule has 12 heavy (non-hydrogen) atoms. The average Bonchev–Trinajstić information content (AvgIpc) is 2.07. The Morgan fingerprint density at radius 3 is 2.42 bits per heavy atom. The highest BCUT2D eigenvalue weighted by molar-refractivity contribution is 5.08. The molecule has 0 amide bonds. The molecule has 0 aromatic rings. The lowest BCUT2D eigenvalue weighted by Crippen LogP contribution is -2.46. The van der Waals surface area contributed by atoms with Crippen LogP contribution in [0.4, 0.5) is 0 Å². The standard InChI is InChI=1S/C9H14NO2/c1-3-11-9(12-4-2)7-5-6-8-10-9/h5,7-8,10H,3-4H2,1-2H3. The summed E-state index contributed by atoms with van der Waals surface area (Å²) in [6.07, 6.45) is 8.15. The molecule has 0 spiro atoms. The molecule has 0 aromatic carbocycles. The van der Waals surface area contributed by atoms with Crippen molar-refractivity contribution in [3.8, 4) is 0 Å². The van der Waals surface area contributed by atoms with E-state index in [0.29, 0.717) is 13.2 Å². The molecule has 0 aromatic heterocycles. The van der Waals surface area contributed by atoms with Gasteiger partial charge in [0.1, 0.15) is 0 Å². The summed E-state index contributed by atoms with van der Waals surface area (Å²) in [5.74, 6) is -0.769. The minimum Gasteiger partial charge on any atom is -0.337 e. The molecule has 3 heteroatoms. The largest absolute Gasteiger partial charge is 0.337 e. The van der Waals surface area contributed by atoms with Gasteiger partial charge >= 0.3 is 0 Å². The molecule has 1 rings (SSSR count). The fourth-order valence-electron chi connectivity index (χ4n) is 1.05. The summed E-state index contributed by atoms with van der Waals surface area (Å²) in [7, 11) is 0. The first kappa shape index (κ1) is 9.29. The fraction of sp³-hybridized carbons (Fsp3) is 0.556. The van der Waals surface area contributed by atoms with Crippen LogP contribution in [-0.4, -0.2) is 19.1 Å². The van der Waals surface area contributed by atoms with Crippen molar-refractivity contribution in [3.63, 3.8) is 0 Å². The minimum absolute atomic E-state index is 0.602. The maximum atomic E-state index is 5.42. The lowest BCUT2D eigenvalue weighted by atomic mass is 10.3. The average molecular weight is 168 g/mol. The molecule has 67 valence electrons. The molecule has 0 saturated carbocycles. The van der Waals surface area contributed by atoms with Crippen molar-refractivity contribution >= 4 is 0 Å². The molecule has 1 N–H and O–H groups in total. The Labute approximate surface area is 73.1 Å². The SMILES string of the molecule is CCOC1(OCC)C=C[C]=CN1. The molecule has 0 atom stereocenters. The van der Waals surface area contributed by atoms with E-state index in [0.717, 1.165) is 0 Å². The van der Waals surface area contributed by atoms with Crippen LogP contribution in [0, 0.1) is 6.08 Å². The number of rotatable bonds is 4. The number of nitrogens with one attached hydrogen (secondary N) is 1. The van der Waals surface area contributed by atoms with E-state index in [1.54, 1.807) is 18.4 Å². The van der Waals surface area contributed by atoms with Crippen molar-refractivity contribution in [3.05, 3.63) is 24.4 Å². The normalized spacial score (nSPS) is 19.2. The lowest BCUT2D eigenvalue weighted by molar-refractivity contribution is -0.213. The predicted octanol–water partition coefficient (Wildman–Crippen LogP) is 1.19. The smallest absolute Gasteiger partial charge is 0.270 e. The van der Waals surface area contributed by atoms with E-state index in [1.165, 1.54) is 0 Å². The second-order valence-electron chi connectivity index (χ2n) is 2.32. The third-order valence-corrected chi connectivity index (χ3v) is 1.47. The molecule has 1 aliphatic rings. The lowest BCUT2D eigenvalue weighted by Gasteiger charge is -2.31. The number of dihydropyridines is 1. The summed E-state index contributed by atoms with van der Waals surface area (Å²) in [5, 5.41) is 2.97. The second kappa shape index (κ2) is 4.28. The van der Waals surface area contributed by atoms with Crippen LogP contribution >= 0.6 is 0 Å². The van der Waals surface area contributed by atoms with Crippen LogP contribution in [0.15, 0.2) is 18.4 Å². The van der Waals surface area contributed by atoms with Gasteiger partial charge in [-0.1, -0.05) is 0 Å². The number of allylic oxidation sites excluding steroid dienone is 2. The highest BCUT2D eigenvalue weighted by Gasteiger charge is 2.27. The van der Waals surface area contributed by atoms with E-state index in [1.807, 2.05) is 13.8 Å². The zero-order valence-electron chi connectivity index (χ0n) is 7.46. The number of ether oxygens (including phenoxy) is 2. The topological polar surface area (TPSA) is 30.5 Å². The maximum Gasteiger partial charge on any atom is 0.270 e. The van der Waals surface area contributed by atoms with Crippen molar-refractivity contribution in [2.24, 2.45) is 0 Å². The number of hydrogen-bond acceptors (Lipinski definition) is 3. The van der Waals surface area contributed by atoms with Crippen LogP contribution in [-0.2, 0) is 9.47 Å². The van der Waals surface area contributed by atoms with Crippen LogP contribution in [0.1, 0.15) is 13.8 Å². The zero-order valence-corrected chi connectivity index (χ0v) is 7.46. The van der Waals surface area contributed by atoms with Gasteiger partial charge in [0.15, 0.2) is 0 Å². The highest BCUT2D eigenvalue weighted by atomic mass is 16.7. The third-order valence-electron chi connectivity index (χ3n) is 1.47. The molecule has 0 bridgehead atoms. The molecule has 1 aliphatic heterocycles. The molecule has 0 unspecified atom stereocenters. The Kier molecular flexibility index (Phi) is 3.31. The molecular formula is C9H14NO2. The molecule has 0 saturated heterocycles. The predicted molar refractivity (Wildman–Crippen MR) is 46.1 cm³/mol. The number of hydrogen-bond donors (Lipinski definition) is 1. The molecular weight excluding hydrogens is 154 g/mol. The van der Waals surface area contributed by atoms with Gasteiger partial charge in [-0.25, -0.2) is 0 Å². The van der Waals surface area contributed by atoms with Gasteiger partial charge in [-0.15, -0.1) is 0 Å². The van der Waals surface area contributed by atoms with Gasteiger partial charge in [0, 0.05) is 19.4 Å². The van der Waals surface area contributed by atoms with Crippen LogP contribution in [0.25, 0.3) is 0 Å². The first-order valence-electron chi connectivity index (χ1n) is 4.14. The second-order valence-corrected chi connectivity index (χ2v) is 2.32. The van der Waals surface area contributed by atoms with Gasteiger partial charge in [-0.3, -0.25) is 0 Å². The van der Waals surface area contributed by atoms with Gasteiger partial charge in [0.2, 0.25) is 0 Å². The van der Waals surface area contributed by atoms with Crippen LogP contribution in [0.5, 0.6) is 0 Å². The van der Waals surface area contributed by atoms with E-state index in [9.17, 15) is 0 Å². The Hall–Kier alpha value is -0.800. The zero-order chi connectivity index (χ0) is 8.86. The fourth-order valence-corrected chi connectivity index (χ4v) is 1.05.